The van der Waals surface area contributed by atoms with E-state index in [1.54, 1.807) is 0 Å². The fourth-order valence-electron chi connectivity index (χ4n) is 3.00. The van der Waals surface area contributed by atoms with Crippen LogP contribution in [0.2, 0.25) is 0 Å². The Hall–Kier alpha value is -2.34. The predicted molar refractivity (Wildman–Crippen MR) is 91.8 cm³/mol. The van der Waals surface area contributed by atoms with Gasteiger partial charge in [-0.2, -0.15) is 0 Å². The third kappa shape index (κ3) is 2.62. The van der Waals surface area contributed by atoms with E-state index in [-0.39, 0.29) is 5.41 Å². The van der Waals surface area contributed by atoms with Crippen molar-refractivity contribution in [2.45, 2.75) is 13.3 Å². The molecule has 0 aliphatic heterocycles. The molecule has 1 aliphatic rings. The summed E-state index contributed by atoms with van der Waals surface area (Å²) in [7, 11) is 0. The van der Waals surface area contributed by atoms with Crippen molar-refractivity contribution in [3.63, 3.8) is 0 Å². The van der Waals surface area contributed by atoms with E-state index in [1.165, 1.54) is 22.3 Å². The van der Waals surface area contributed by atoms with Gasteiger partial charge in [-0.15, -0.1) is 6.58 Å². The van der Waals surface area contributed by atoms with Crippen LogP contribution in [0.25, 0.3) is 11.1 Å². The third-order valence-corrected chi connectivity index (χ3v) is 4.30. The van der Waals surface area contributed by atoms with Gasteiger partial charge in [-0.3, -0.25) is 0 Å². The maximum atomic E-state index is 4.09. The Balaban J connectivity index is 2.06. The monoisotopic (exact) mass is 272 g/mol. The van der Waals surface area contributed by atoms with Gasteiger partial charge in [0.15, 0.2) is 0 Å². The maximum absolute atomic E-state index is 4.09. The number of benzene rings is 2. The Morgan fingerprint density at radius 1 is 0.857 bits per heavy atom. The number of allylic oxidation sites excluding steroid dienone is 5. The second-order valence-corrected chi connectivity index (χ2v) is 5.80. The molecular weight excluding hydrogens is 252 g/mol. The largest absolute Gasteiger partial charge is 0.102 e. The molecule has 0 N–H and O–H groups in total. The lowest BCUT2D eigenvalue weighted by molar-refractivity contribution is 0.590. The van der Waals surface area contributed by atoms with Crippen LogP contribution in [-0.2, 0) is 0 Å². The van der Waals surface area contributed by atoms with E-state index in [9.17, 15) is 0 Å². The lowest BCUT2D eigenvalue weighted by Crippen LogP contribution is -2.18. The smallest absolute Gasteiger partial charge is 0.0147 e. The third-order valence-electron chi connectivity index (χ3n) is 4.30. The van der Waals surface area contributed by atoms with E-state index in [1.807, 2.05) is 0 Å². The lowest BCUT2D eigenvalue weighted by Gasteiger charge is -2.33. The van der Waals surface area contributed by atoms with Crippen LogP contribution in [0.1, 0.15) is 24.5 Å². The first-order valence-electron chi connectivity index (χ1n) is 7.39. The Labute approximate surface area is 127 Å². The van der Waals surface area contributed by atoms with Crippen molar-refractivity contribution in [2.75, 3.05) is 0 Å². The first kappa shape index (κ1) is 13.6. The summed E-state index contributed by atoms with van der Waals surface area (Å²) in [5, 5.41) is 0. The normalized spacial score (nSPS) is 21.4. The van der Waals surface area contributed by atoms with Gasteiger partial charge in [-0.1, -0.05) is 85.8 Å². The molecule has 0 radical (unpaired) electrons. The van der Waals surface area contributed by atoms with E-state index < -0.39 is 0 Å². The second kappa shape index (κ2) is 5.57. The van der Waals surface area contributed by atoms with Crippen molar-refractivity contribution in [3.8, 4) is 0 Å². The van der Waals surface area contributed by atoms with Crippen molar-refractivity contribution in [3.05, 3.63) is 96.6 Å². The number of hydrogen-bond donors (Lipinski definition) is 0. The Morgan fingerprint density at radius 2 is 1.43 bits per heavy atom. The Kier molecular flexibility index (Phi) is 3.62. The van der Waals surface area contributed by atoms with Crippen LogP contribution in [-0.4, -0.2) is 0 Å². The molecule has 1 aliphatic carbocycles. The highest BCUT2D eigenvalue weighted by Gasteiger charge is 2.30. The van der Waals surface area contributed by atoms with Crippen LogP contribution in [0.4, 0.5) is 0 Å². The van der Waals surface area contributed by atoms with E-state index in [0.717, 1.165) is 6.42 Å². The van der Waals surface area contributed by atoms with E-state index in [0.29, 0.717) is 0 Å². The minimum Gasteiger partial charge on any atom is -0.102 e. The fraction of sp³-hybridized carbons (Fsp3) is 0.143. The highest BCUT2D eigenvalue weighted by atomic mass is 14.3. The molecule has 0 spiro atoms. The lowest BCUT2D eigenvalue weighted by atomic mass is 9.70. The van der Waals surface area contributed by atoms with Gasteiger partial charge in [-0.05, 0) is 28.7 Å². The van der Waals surface area contributed by atoms with Gasteiger partial charge in [0.1, 0.15) is 0 Å². The van der Waals surface area contributed by atoms with Crippen LogP contribution >= 0.6 is 0 Å². The first-order valence-corrected chi connectivity index (χ1v) is 7.39. The van der Waals surface area contributed by atoms with Gasteiger partial charge in [0.05, 0.1) is 0 Å². The first-order chi connectivity index (χ1) is 10.2. The summed E-state index contributed by atoms with van der Waals surface area (Å²) >= 11 is 0. The molecule has 2 aromatic rings. The molecule has 21 heavy (non-hydrogen) atoms. The quantitative estimate of drug-likeness (QED) is 0.624. The molecule has 1 atom stereocenters. The Bertz CT molecular complexity index is 689. The molecule has 3 rings (SSSR count). The minimum atomic E-state index is -0.0265. The molecule has 0 fully saturated rings. The van der Waals surface area contributed by atoms with E-state index >= 15 is 0 Å². The molecule has 2 aromatic carbocycles. The van der Waals surface area contributed by atoms with Crippen LogP contribution in [0.15, 0.2) is 85.5 Å². The van der Waals surface area contributed by atoms with Gasteiger partial charge < -0.3 is 0 Å². The topological polar surface area (TPSA) is 0 Å². The summed E-state index contributed by atoms with van der Waals surface area (Å²) in [4.78, 5) is 0. The van der Waals surface area contributed by atoms with Crippen molar-refractivity contribution >= 4 is 11.1 Å². The van der Waals surface area contributed by atoms with E-state index in [2.05, 4.69) is 92.4 Å². The van der Waals surface area contributed by atoms with Gasteiger partial charge in [0.25, 0.3) is 0 Å². The summed E-state index contributed by atoms with van der Waals surface area (Å²) < 4.78 is 0. The molecule has 0 heteroatoms. The SMILES string of the molecule is C=CC1(C)CC(c2ccccc2)=CC=C1c1ccccc1. The molecule has 0 nitrogen and oxygen atoms in total. The van der Waals surface area contributed by atoms with E-state index in [4.69, 9.17) is 0 Å². The molecule has 0 bridgehead atoms. The highest BCUT2D eigenvalue weighted by molar-refractivity contribution is 5.82. The van der Waals surface area contributed by atoms with Gasteiger partial charge in [0, 0.05) is 5.41 Å². The average Bonchev–Trinajstić information content (AvgIpc) is 2.56. The minimum absolute atomic E-state index is 0.0265. The second-order valence-electron chi connectivity index (χ2n) is 5.80. The summed E-state index contributed by atoms with van der Waals surface area (Å²) in [5.41, 5.74) is 5.27. The molecule has 0 heterocycles. The summed E-state index contributed by atoms with van der Waals surface area (Å²) in [6, 6.07) is 21.2. The number of hydrogen-bond acceptors (Lipinski definition) is 0. The summed E-state index contributed by atoms with van der Waals surface area (Å²) in [6.07, 6.45) is 7.58. The predicted octanol–water partition coefficient (Wildman–Crippen LogP) is 5.75. The Morgan fingerprint density at radius 3 is 2.00 bits per heavy atom. The molecule has 0 aromatic heterocycles. The molecule has 0 amide bonds. The molecule has 0 saturated heterocycles. The molecule has 1 unspecified atom stereocenters. The molecular formula is C21H20. The van der Waals surface area contributed by atoms with Crippen molar-refractivity contribution in [1.29, 1.82) is 0 Å². The summed E-state index contributed by atoms with van der Waals surface area (Å²) in [6.45, 7) is 6.36. The maximum Gasteiger partial charge on any atom is 0.0147 e. The van der Waals surface area contributed by atoms with Crippen LogP contribution in [0, 0.1) is 5.41 Å². The van der Waals surface area contributed by atoms with Gasteiger partial charge >= 0.3 is 0 Å². The zero-order valence-electron chi connectivity index (χ0n) is 12.4. The molecule has 104 valence electrons. The van der Waals surface area contributed by atoms with Crippen molar-refractivity contribution in [2.24, 2.45) is 5.41 Å². The van der Waals surface area contributed by atoms with Crippen molar-refractivity contribution in [1.82, 2.24) is 0 Å². The summed E-state index contributed by atoms with van der Waals surface area (Å²) in [5.74, 6) is 0. The van der Waals surface area contributed by atoms with Crippen LogP contribution in [0.3, 0.4) is 0 Å². The van der Waals surface area contributed by atoms with Crippen LogP contribution in [0.5, 0.6) is 0 Å². The zero-order chi connectivity index (χ0) is 14.7. The van der Waals surface area contributed by atoms with Crippen LogP contribution < -0.4 is 0 Å². The standard InChI is InChI=1S/C21H20/c1-3-21(2)16-19(17-10-6-4-7-11-17)14-15-20(21)18-12-8-5-9-13-18/h3-15H,1,16H2,2H3. The van der Waals surface area contributed by atoms with Gasteiger partial charge in [0.2, 0.25) is 0 Å². The number of rotatable bonds is 3. The fourth-order valence-corrected chi connectivity index (χ4v) is 3.00. The average molecular weight is 272 g/mol. The zero-order valence-corrected chi connectivity index (χ0v) is 12.4. The van der Waals surface area contributed by atoms with Crippen molar-refractivity contribution < 1.29 is 0 Å². The van der Waals surface area contributed by atoms with Gasteiger partial charge in [-0.25, -0.2) is 0 Å². The molecule has 0 saturated carbocycles. The highest BCUT2D eigenvalue weighted by Crippen LogP contribution is 2.46.